The van der Waals surface area contributed by atoms with Gasteiger partial charge in [-0.15, -0.1) is 11.3 Å². The van der Waals surface area contributed by atoms with Crippen molar-refractivity contribution in [1.29, 1.82) is 0 Å². The van der Waals surface area contributed by atoms with Crippen molar-refractivity contribution in [3.8, 4) is 21.1 Å². The maximum atomic E-state index is 12.2. The van der Waals surface area contributed by atoms with Crippen LogP contribution in [0.5, 0.6) is 0 Å². The number of para-hydroxylation sites is 1. The number of thiazole rings is 1. The highest BCUT2D eigenvalue weighted by Gasteiger charge is 2.23. The van der Waals surface area contributed by atoms with Crippen LogP contribution in [-0.2, 0) is 11.2 Å². The highest BCUT2D eigenvalue weighted by molar-refractivity contribution is 7.18. The van der Waals surface area contributed by atoms with Crippen LogP contribution in [0, 0.1) is 0 Å². The molecule has 4 rings (SSSR count). The third kappa shape index (κ3) is 2.68. The first-order valence-electron chi connectivity index (χ1n) is 8.33. The van der Waals surface area contributed by atoms with Crippen molar-refractivity contribution < 1.29 is 9.53 Å². The van der Waals surface area contributed by atoms with Crippen LogP contribution in [0.3, 0.4) is 0 Å². The van der Waals surface area contributed by atoms with Crippen LogP contribution < -0.4 is 0 Å². The van der Waals surface area contributed by atoms with Gasteiger partial charge in [-0.1, -0.05) is 55.5 Å². The van der Waals surface area contributed by atoms with Crippen LogP contribution in [0.25, 0.3) is 32.0 Å². The van der Waals surface area contributed by atoms with E-state index in [2.05, 4.69) is 28.2 Å². The maximum absolute atomic E-state index is 12.2. The van der Waals surface area contributed by atoms with E-state index >= 15 is 0 Å². The molecule has 0 aliphatic carbocycles. The number of carbonyl (C=O) groups excluding carboxylic acids is 1. The van der Waals surface area contributed by atoms with Gasteiger partial charge in [0.15, 0.2) is 5.69 Å². The number of carbonyl (C=O) groups is 1. The smallest absolute Gasteiger partial charge is 0.358 e. The number of aromatic amines is 1. The lowest BCUT2D eigenvalue weighted by Gasteiger charge is -1.99. The molecule has 130 valence electrons. The zero-order valence-electron chi connectivity index (χ0n) is 14.4. The molecule has 0 saturated heterocycles. The predicted octanol–water partition coefficient (Wildman–Crippen LogP) is 4.70. The highest BCUT2D eigenvalue weighted by atomic mass is 32.1. The van der Waals surface area contributed by atoms with E-state index in [4.69, 9.17) is 4.74 Å². The van der Waals surface area contributed by atoms with Gasteiger partial charge in [-0.25, -0.2) is 9.78 Å². The molecule has 0 aliphatic rings. The van der Waals surface area contributed by atoms with E-state index in [0.717, 1.165) is 33.5 Å². The van der Waals surface area contributed by atoms with Gasteiger partial charge < -0.3 is 4.74 Å². The zero-order chi connectivity index (χ0) is 18.1. The Bertz CT molecular complexity index is 1080. The monoisotopic (exact) mass is 363 g/mol. The summed E-state index contributed by atoms with van der Waals surface area (Å²) in [6.45, 7) is 2.11. The lowest BCUT2D eigenvalue weighted by molar-refractivity contribution is 0.0596. The van der Waals surface area contributed by atoms with Gasteiger partial charge in [0.25, 0.3) is 0 Å². The van der Waals surface area contributed by atoms with Crippen LogP contribution in [0.15, 0.2) is 48.5 Å². The minimum Gasteiger partial charge on any atom is -0.464 e. The van der Waals surface area contributed by atoms with Crippen molar-refractivity contribution in [2.45, 2.75) is 13.3 Å². The summed E-state index contributed by atoms with van der Waals surface area (Å²) in [5, 5.41) is 9.30. The number of benzene rings is 2. The molecule has 2 heterocycles. The molecule has 0 radical (unpaired) electrons. The zero-order valence-corrected chi connectivity index (χ0v) is 15.3. The van der Waals surface area contributed by atoms with Gasteiger partial charge in [0.1, 0.15) is 10.7 Å². The quantitative estimate of drug-likeness (QED) is 0.534. The summed E-state index contributed by atoms with van der Waals surface area (Å²) in [6.07, 6.45) is 0.916. The number of fused-ring (bicyclic) bond motifs is 1. The summed E-state index contributed by atoms with van der Waals surface area (Å²) < 4.78 is 4.93. The second kappa shape index (κ2) is 6.72. The first kappa shape index (κ1) is 16.5. The fourth-order valence-corrected chi connectivity index (χ4v) is 4.06. The fourth-order valence-electron chi connectivity index (χ4n) is 3.00. The van der Waals surface area contributed by atoms with Crippen molar-refractivity contribution >= 4 is 28.2 Å². The average molecular weight is 363 g/mol. The first-order chi connectivity index (χ1) is 12.7. The number of nitrogens with zero attached hydrogens (tertiary/aromatic N) is 2. The number of esters is 1. The number of aromatic nitrogens is 3. The van der Waals surface area contributed by atoms with E-state index in [1.54, 1.807) is 0 Å². The summed E-state index contributed by atoms with van der Waals surface area (Å²) in [7, 11) is 1.37. The van der Waals surface area contributed by atoms with E-state index in [1.165, 1.54) is 24.0 Å². The number of ether oxygens (including phenoxy) is 1. The Kier molecular flexibility index (Phi) is 4.26. The lowest BCUT2D eigenvalue weighted by atomic mass is 10.1. The van der Waals surface area contributed by atoms with Gasteiger partial charge in [-0.05, 0) is 17.5 Å². The Morgan fingerprint density at radius 2 is 1.96 bits per heavy atom. The molecule has 6 heteroatoms. The Morgan fingerprint density at radius 1 is 1.15 bits per heavy atom. The van der Waals surface area contributed by atoms with Crippen LogP contribution in [0.2, 0.25) is 0 Å². The molecule has 4 aromatic rings. The topological polar surface area (TPSA) is 67.9 Å². The van der Waals surface area contributed by atoms with Crippen molar-refractivity contribution in [2.24, 2.45) is 0 Å². The molecular weight excluding hydrogens is 346 g/mol. The predicted molar refractivity (Wildman–Crippen MR) is 103 cm³/mol. The standard InChI is InChI=1S/C20H17N3O2S/c1-3-12-10-7-11-14-15(12)22-23-16(14)19-21-17(20(24)25-2)18(26-19)13-8-5-4-6-9-13/h4-11H,3H2,1-2H3,(H,22,23). The minimum atomic E-state index is -0.444. The maximum Gasteiger partial charge on any atom is 0.358 e. The molecule has 0 atom stereocenters. The third-order valence-electron chi connectivity index (χ3n) is 4.31. The number of methoxy groups -OCH3 is 1. The molecule has 0 unspecified atom stereocenters. The molecule has 2 aromatic heterocycles. The largest absolute Gasteiger partial charge is 0.464 e. The Labute approximate surface area is 154 Å². The molecule has 0 amide bonds. The normalized spacial score (nSPS) is 11.0. The van der Waals surface area contributed by atoms with Gasteiger partial charge in [0.2, 0.25) is 0 Å². The molecule has 26 heavy (non-hydrogen) atoms. The van der Waals surface area contributed by atoms with Gasteiger partial charge >= 0.3 is 5.97 Å². The third-order valence-corrected chi connectivity index (χ3v) is 5.42. The van der Waals surface area contributed by atoms with Crippen molar-refractivity contribution in [3.05, 3.63) is 59.8 Å². The minimum absolute atomic E-state index is 0.321. The first-order valence-corrected chi connectivity index (χ1v) is 9.15. The van der Waals surface area contributed by atoms with E-state index in [9.17, 15) is 4.79 Å². The number of H-pyrrole nitrogens is 1. The van der Waals surface area contributed by atoms with Crippen molar-refractivity contribution in [1.82, 2.24) is 15.2 Å². The van der Waals surface area contributed by atoms with E-state index in [-0.39, 0.29) is 0 Å². The summed E-state index contributed by atoms with van der Waals surface area (Å²) in [6, 6.07) is 15.9. The molecule has 5 nitrogen and oxygen atoms in total. The molecule has 1 N–H and O–H groups in total. The van der Waals surface area contributed by atoms with Crippen LogP contribution in [-0.4, -0.2) is 28.3 Å². The number of aryl methyl sites for hydroxylation is 1. The van der Waals surface area contributed by atoms with Gasteiger partial charge in [0, 0.05) is 5.39 Å². The second-order valence-electron chi connectivity index (χ2n) is 5.82. The van der Waals surface area contributed by atoms with Crippen LogP contribution in [0.1, 0.15) is 23.0 Å². The number of hydrogen-bond donors (Lipinski definition) is 1. The SMILES string of the molecule is CCc1cccc2c(-c3nc(C(=O)OC)c(-c4ccccc4)s3)n[nH]c12. The Morgan fingerprint density at radius 3 is 2.69 bits per heavy atom. The second-order valence-corrected chi connectivity index (χ2v) is 6.82. The van der Waals surface area contributed by atoms with E-state index < -0.39 is 5.97 Å². The van der Waals surface area contributed by atoms with Gasteiger partial charge in [-0.3, -0.25) is 5.10 Å². The molecule has 0 fully saturated rings. The number of hydrogen-bond acceptors (Lipinski definition) is 5. The average Bonchev–Trinajstić information content (AvgIpc) is 3.32. The molecule has 2 aromatic carbocycles. The van der Waals surface area contributed by atoms with Gasteiger partial charge in [0.05, 0.1) is 17.5 Å². The van der Waals surface area contributed by atoms with Crippen molar-refractivity contribution in [2.75, 3.05) is 7.11 Å². The summed E-state index contributed by atoms with van der Waals surface area (Å²) in [5.74, 6) is -0.444. The Hall–Kier alpha value is -2.99. The van der Waals surface area contributed by atoms with E-state index in [1.807, 2.05) is 42.5 Å². The summed E-state index contributed by atoms with van der Waals surface area (Å²) in [5.41, 5.74) is 4.23. The summed E-state index contributed by atoms with van der Waals surface area (Å²) in [4.78, 5) is 17.6. The Balaban J connectivity index is 1.91. The highest BCUT2D eigenvalue weighted by Crippen LogP contribution is 2.37. The molecule has 0 spiro atoms. The van der Waals surface area contributed by atoms with Crippen LogP contribution >= 0.6 is 11.3 Å². The summed E-state index contributed by atoms with van der Waals surface area (Å²) >= 11 is 1.45. The number of nitrogens with one attached hydrogen (secondary N) is 1. The number of rotatable bonds is 4. The fraction of sp³-hybridized carbons (Fsp3) is 0.150. The molecule has 0 saturated carbocycles. The van der Waals surface area contributed by atoms with Gasteiger partial charge in [-0.2, -0.15) is 5.10 Å². The van der Waals surface area contributed by atoms with E-state index in [0.29, 0.717) is 10.7 Å². The molecule has 0 bridgehead atoms. The van der Waals surface area contributed by atoms with Crippen molar-refractivity contribution in [3.63, 3.8) is 0 Å². The molecule has 0 aliphatic heterocycles. The molecular formula is C20H17N3O2S. The lowest BCUT2D eigenvalue weighted by Crippen LogP contribution is -2.03. The van der Waals surface area contributed by atoms with Crippen LogP contribution in [0.4, 0.5) is 0 Å².